The monoisotopic (exact) mass is 275 g/mol. The van der Waals surface area contributed by atoms with Crippen molar-refractivity contribution in [3.8, 4) is 5.75 Å². The Balaban J connectivity index is 1.50. The topological polar surface area (TPSA) is 49.8 Å². The molecule has 1 atom stereocenters. The van der Waals surface area contributed by atoms with E-state index in [9.17, 15) is 9.90 Å². The number of ether oxygens (including phenoxy) is 1. The second kappa shape index (κ2) is 5.44. The van der Waals surface area contributed by atoms with Gasteiger partial charge in [-0.2, -0.15) is 0 Å². The molecule has 20 heavy (non-hydrogen) atoms. The largest absolute Gasteiger partial charge is 0.491 e. The lowest BCUT2D eigenvalue weighted by Gasteiger charge is -2.23. The van der Waals surface area contributed by atoms with Crippen LogP contribution >= 0.6 is 0 Å². The molecule has 1 aliphatic heterocycles. The normalized spacial score (nSPS) is 25.8. The van der Waals surface area contributed by atoms with Crippen molar-refractivity contribution in [3.63, 3.8) is 0 Å². The number of amides is 1. The van der Waals surface area contributed by atoms with Gasteiger partial charge in [-0.3, -0.25) is 4.79 Å². The van der Waals surface area contributed by atoms with Crippen molar-refractivity contribution in [2.24, 2.45) is 5.92 Å². The molecule has 1 aromatic rings. The van der Waals surface area contributed by atoms with Crippen LogP contribution in [0.4, 0.5) is 0 Å². The molecule has 0 bridgehead atoms. The van der Waals surface area contributed by atoms with E-state index in [1.165, 1.54) is 12.8 Å². The van der Waals surface area contributed by atoms with Crippen molar-refractivity contribution in [2.45, 2.75) is 31.3 Å². The lowest BCUT2D eigenvalue weighted by molar-refractivity contribution is -0.131. The second-order valence-electron chi connectivity index (χ2n) is 6.04. The zero-order valence-electron chi connectivity index (χ0n) is 11.6. The fourth-order valence-electron chi connectivity index (χ4n) is 2.62. The van der Waals surface area contributed by atoms with Crippen molar-refractivity contribution in [1.29, 1.82) is 0 Å². The van der Waals surface area contributed by atoms with Crippen LogP contribution in [0.5, 0.6) is 5.75 Å². The summed E-state index contributed by atoms with van der Waals surface area (Å²) in [5, 5.41) is 10.5. The van der Waals surface area contributed by atoms with Crippen molar-refractivity contribution < 1.29 is 14.6 Å². The average molecular weight is 275 g/mol. The number of hydrogen-bond donors (Lipinski definition) is 1. The Hall–Kier alpha value is -1.55. The van der Waals surface area contributed by atoms with E-state index < -0.39 is 5.60 Å². The molecular formula is C16H21NO3. The van der Waals surface area contributed by atoms with Gasteiger partial charge in [-0.15, -0.1) is 0 Å². The summed E-state index contributed by atoms with van der Waals surface area (Å²) in [6, 6.07) is 9.47. The first-order valence-corrected chi connectivity index (χ1v) is 7.33. The number of aliphatic hydroxyl groups is 1. The van der Waals surface area contributed by atoms with Crippen LogP contribution < -0.4 is 4.74 Å². The Morgan fingerprint density at radius 2 is 2.10 bits per heavy atom. The molecule has 1 amide bonds. The van der Waals surface area contributed by atoms with Crippen LogP contribution in [-0.2, 0) is 4.79 Å². The van der Waals surface area contributed by atoms with Crippen LogP contribution in [0, 0.1) is 5.92 Å². The molecule has 1 aromatic carbocycles. The molecule has 1 N–H and O–H groups in total. The highest BCUT2D eigenvalue weighted by Gasteiger charge is 2.40. The molecule has 1 saturated carbocycles. The summed E-state index contributed by atoms with van der Waals surface area (Å²) in [5.74, 6) is 1.53. The molecule has 108 valence electrons. The molecule has 0 spiro atoms. The van der Waals surface area contributed by atoms with Gasteiger partial charge in [0.05, 0.1) is 6.54 Å². The van der Waals surface area contributed by atoms with E-state index in [1.807, 2.05) is 30.3 Å². The van der Waals surface area contributed by atoms with Crippen molar-refractivity contribution >= 4 is 5.91 Å². The van der Waals surface area contributed by atoms with Crippen LogP contribution in [0.25, 0.3) is 0 Å². The van der Waals surface area contributed by atoms with Crippen molar-refractivity contribution in [1.82, 2.24) is 4.90 Å². The first-order valence-electron chi connectivity index (χ1n) is 7.33. The Labute approximate surface area is 119 Å². The Kier molecular flexibility index (Phi) is 3.66. The number of carbonyl (C=O) groups excluding carboxylic acids is 1. The van der Waals surface area contributed by atoms with Gasteiger partial charge in [0.1, 0.15) is 18.0 Å². The van der Waals surface area contributed by atoms with E-state index in [1.54, 1.807) is 4.90 Å². The maximum absolute atomic E-state index is 12.0. The lowest BCUT2D eigenvalue weighted by Crippen LogP contribution is -2.40. The van der Waals surface area contributed by atoms with Gasteiger partial charge in [-0.05, 0) is 37.3 Å². The SMILES string of the molecule is O=C(CC1CC1)N1CC[C@@](O)(COc2ccccc2)C1. The highest BCUT2D eigenvalue weighted by molar-refractivity contribution is 5.77. The highest BCUT2D eigenvalue weighted by atomic mass is 16.5. The molecule has 0 radical (unpaired) electrons. The molecule has 1 saturated heterocycles. The van der Waals surface area contributed by atoms with Crippen LogP contribution in [0.2, 0.25) is 0 Å². The van der Waals surface area contributed by atoms with Crippen LogP contribution in [0.15, 0.2) is 30.3 Å². The average Bonchev–Trinajstić information content (AvgIpc) is 3.18. The standard InChI is InChI=1S/C16H21NO3/c18-15(10-13-6-7-13)17-9-8-16(19,11-17)12-20-14-4-2-1-3-5-14/h1-5,13,19H,6-12H2/t16-/m0/s1. The van der Waals surface area contributed by atoms with E-state index in [4.69, 9.17) is 4.74 Å². The van der Waals surface area contributed by atoms with E-state index in [0.29, 0.717) is 31.8 Å². The minimum absolute atomic E-state index is 0.183. The van der Waals surface area contributed by atoms with E-state index in [0.717, 1.165) is 5.75 Å². The summed E-state index contributed by atoms with van der Waals surface area (Å²) in [5.41, 5.74) is -0.908. The molecular weight excluding hydrogens is 254 g/mol. The van der Waals surface area contributed by atoms with Gasteiger partial charge in [0.15, 0.2) is 0 Å². The molecule has 4 heteroatoms. The molecule has 0 aromatic heterocycles. The van der Waals surface area contributed by atoms with E-state index in [-0.39, 0.29) is 12.5 Å². The van der Waals surface area contributed by atoms with E-state index in [2.05, 4.69) is 0 Å². The van der Waals surface area contributed by atoms with Crippen LogP contribution in [-0.4, -0.2) is 41.2 Å². The Morgan fingerprint density at radius 1 is 1.35 bits per heavy atom. The summed E-state index contributed by atoms with van der Waals surface area (Å²) in [4.78, 5) is 13.8. The maximum Gasteiger partial charge on any atom is 0.222 e. The summed E-state index contributed by atoms with van der Waals surface area (Å²) in [6.45, 7) is 1.27. The number of carbonyl (C=O) groups is 1. The lowest BCUT2D eigenvalue weighted by atomic mass is 10.1. The van der Waals surface area contributed by atoms with E-state index >= 15 is 0 Å². The first kappa shape index (κ1) is 13.4. The Bertz CT molecular complexity index is 472. The summed E-state index contributed by atoms with van der Waals surface area (Å²) < 4.78 is 5.63. The third kappa shape index (κ3) is 3.31. The Morgan fingerprint density at radius 3 is 2.80 bits per heavy atom. The number of para-hydroxylation sites is 1. The predicted molar refractivity (Wildman–Crippen MR) is 75.4 cm³/mol. The number of nitrogens with zero attached hydrogens (tertiary/aromatic N) is 1. The van der Waals surface area contributed by atoms with Gasteiger partial charge in [0.25, 0.3) is 0 Å². The van der Waals surface area contributed by atoms with Gasteiger partial charge in [0, 0.05) is 13.0 Å². The molecule has 4 nitrogen and oxygen atoms in total. The van der Waals surface area contributed by atoms with Gasteiger partial charge >= 0.3 is 0 Å². The third-order valence-electron chi connectivity index (χ3n) is 4.10. The van der Waals surface area contributed by atoms with Gasteiger partial charge in [-0.25, -0.2) is 0 Å². The minimum atomic E-state index is -0.908. The summed E-state index contributed by atoms with van der Waals surface area (Å²) in [7, 11) is 0. The smallest absolute Gasteiger partial charge is 0.222 e. The quantitative estimate of drug-likeness (QED) is 0.892. The molecule has 0 unspecified atom stereocenters. The predicted octanol–water partition coefficient (Wildman–Crippen LogP) is 1.83. The van der Waals surface area contributed by atoms with Gasteiger partial charge in [0.2, 0.25) is 5.91 Å². The fraction of sp³-hybridized carbons (Fsp3) is 0.562. The number of hydrogen-bond acceptors (Lipinski definition) is 3. The van der Waals surface area contributed by atoms with Crippen molar-refractivity contribution in [2.75, 3.05) is 19.7 Å². The summed E-state index contributed by atoms with van der Waals surface area (Å²) >= 11 is 0. The highest BCUT2D eigenvalue weighted by Crippen LogP contribution is 2.34. The number of β-amino-alcohol motifs (C(OH)–C–C–N with tert-alkyl or cyclic N) is 1. The molecule has 1 heterocycles. The van der Waals surface area contributed by atoms with Crippen molar-refractivity contribution in [3.05, 3.63) is 30.3 Å². The fourth-order valence-corrected chi connectivity index (χ4v) is 2.62. The van der Waals surface area contributed by atoms with Gasteiger partial charge < -0.3 is 14.7 Å². The molecule has 3 rings (SSSR count). The molecule has 1 aliphatic carbocycles. The molecule has 2 aliphatic rings. The van der Waals surface area contributed by atoms with Gasteiger partial charge in [-0.1, -0.05) is 18.2 Å². The second-order valence-corrected chi connectivity index (χ2v) is 6.04. The minimum Gasteiger partial charge on any atom is -0.491 e. The third-order valence-corrected chi connectivity index (χ3v) is 4.10. The summed E-state index contributed by atoms with van der Waals surface area (Å²) in [6.07, 6.45) is 3.60. The number of benzene rings is 1. The zero-order valence-corrected chi connectivity index (χ0v) is 11.6. The first-order chi connectivity index (χ1) is 9.65. The molecule has 2 fully saturated rings. The maximum atomic E-state index is 12.0. The number of rotatable bonds is 5. The van der Waals surface area contributed by atoms with Crippen LogP contribution in [0.3, 0.4) is 0 Å². The number of likely N-dealkylation sites (tertiary alicyclic amines) is 1. The zero-order chi connectivity index (χ0) is 14.0. The van der Waals surface area contributed by atoms with Crippen LogP contribution in [0.1, 0.15) is 25.7 Å².